The number of nitrogens with zero attached hydrogens (tertiary/aromatic N) is 3. The Hall–Kier alpha value is -0.870. The number of rotatable bonds is 1. The number of imidazole rings is 1. The van der Waals surface area contributed by atoms with Crippen LogP contribution in [0.3, 0.4) is 0 Å². The highest BCUT2D eigenvalue weighted by molar-refractivity contribution is 4.86. The second kappa shape index (κ2) is 4.11. The van der Waals surface area contributed by atoms with Crippen molar-refractivity contribution >= 4 is 0 Å². The molecule has 0 spiro atoms. The number of aliphatic hydroxyl groups is 1. The molecule has 1 aliphatic heterocycles. The van der Waals surface area contributed by atoms with E-state index in [2.05, 4.69) is 16.9 Å². The summed E-state index contributed by atoms with van der Waals surface area (Å²) in [7, 11) is 2.10. The molecule has 0 radical (unpaired) electrons. The zero-order chi connectivity index (χ0) is 9.97. The van der Waals surface area contributed by atoms with E-state index in [9.17, 15) is 5.11 Å². The summed E-state index contributed by atoms with van der Waals surface area (Å²) in [5.41, 5.74) is 0. The van der Waals surface area contributed by atoms with Gasteiger partial charge >= 0.3 is 0 Å². The van der Waals surface area contributed by atoms with Crippen LogP contribution in [0.25, 0.3) is 0 Å². The molecule has 78 valence electrons. The first kappa shape index (κ1) is 9.68. The lowest BCUT2D eigenvalue weighted by Gasteiger charge is -2.20. The highest BCUT2D eigenvalue weighted by Gasteiger charge is 2.24. The molecule has 1 saturated heterocycles. The molecule has 0 amide bonds. The Labute approximate surface area is 84.2 Å². The van der Waals surface area contributed by atoms with Crippen LogP contribution in [0.2, 0.25) is 0 Å². The Morgan fingerprint density at radius 1 is 1.36 bits per heavy atom. The fourth-order valence-electron chi connectivity index (χ4n) is 2.02. The first-order chi connectivity index (χ1) is 6.77. The van der Waals surface area contributed by atoms with Gasteiger partial charge in [0.25, 0.3) is 0 Å². The number of aromatic nitrogens is 2. The molecule has 1 aromatic rings. The van der Waals surface area contributed by atoms with E-state index in [4.69, 9.17) is 0 Å². The molecular formula is C10H17N3O. The quantitative estimate of drug-likeness (QED) is 0.710. The van der Waals surface area contributed by atoms with Crippen LogP contribution in [-0.4, -0.2) is 45.8 Å². The van der Waals surface area contributed by atoms with Gasteiger partial charge in [-0.25, -0.2) is 4.98 Å². The van der Waals surface area contributed by atoms with E-state index < -0.39 is 0 Å². The van der Waals surface area contributed by atoms with E-state index >= 15 is 0 Å². The first-order valence-electron chi connectivity index (χ1n) is 5.11. The van der Waals surface area contributed by atoms with Gasteiger partial charge in [0.2, 0.25) is 0 Å². The first-order valence-corrected chi connectivity index (χ1v) is 5.11. The van der Waals surface area contributed by atoms with Crippen molar-refractivity contribution in [2.75, 3.05) is 20.1 Å². The van der Waals surface area contributed by atoms with Crippen LogP contribution in [0, 0.1) is 0 Å². The molecule has 4 heteroatoms. The smallest absolute Gasteiger partial charge is 0.0949 e. The lowest BCUT2D eigenvalue weighted by Crippen LogP contribution is -2.22. The summed E-state index contributed by atoms with van der Waals surface area (Å²) >= 11 is 0. The van der Waals surface area contributed by atoms with Gasteiger partial charge in [-0.15, -0.1) is 0 Å². The largest absolute Gasteiger partial charge is 0.391 e. The summed E-state index contributed by atoms with van der Waals surface area (Å²) in [6.07, 6.45) is 7.08. The molecule has 2 heterocycles. The van der Waals surface area contributed by atoms with Gasteiger partial charge in [-0.05, 0) is 26.4 Å². The standard InChI is InChI=1S/C10H17N3O/c1-12-5-2-9(10(14)3-6-12)13-7-4-11-8-13/h4,7-10,14H,2-3,5-6H2,1H3/t9-,10-/m0/s1. The van der Waals surface area contributed by atoms with Crippen LogP contribution >= 0.6 is 0 Å². The monoisotopic (exact) mass is 195 g/mol. The van der Waals surface area contributed by atoms with Gasteiger partial charge in [0, 0.05) is 18.9 Å². The molecule has 1 fully saturated rings. The van der Waals surface area contributed by atoms with Crippen molar-refractivity contribution in [3.63, 3.8) is 0 Å². The Bertz CT molecular complexity index is 273. The number of aliphatic hydroxyl groups excluding tert-OH is 1. The maximum absolute atomic E-state index is 9.96. The second-order valence-electron chi connectivity index (χ2n) is 4.03. The SMILES string of the molecule is CN1CC[C@H](O)[C@@H](n2ccnc2)CC1. The molecule has 0 unspecified atom stereocenters. The molecule has 0 bridgehead atoms. The molecule has 0 saturated carbocycles. The van der Waals surface area contributed by atoms with Crippen molar-refractivity contribution in [1.29, 1.82) is 0 Å². The molecule has 2 atom stereocenters. The third-order valence-electron chi connectivity index (χ3n) is 2.97. The predicted octanol–water partition coefficient (Wildman–Crippen LogP) is 0.511. The number of hydrogen-bond donors (Lipinski definition) is 1. The summed E-state index contributed by atoms with van der Waals surface area (Å²) in [6.45, 7) is 2.02. The Morgan fingerprint density at radius 2 is 2.14 bits per heavy atom. The lowest BCUT2D eigenvalue weighted by atomic mass is 10.1. The van der Waals surface area contributed by atoms with Gasteiger partial charge in [-0.1, -0.05) is 0 Å². The average molecular weight is 195 g/mol. The molecular weight excluding hydrogens is 178 g/mol. The van der Waals surface area contributed by atoms with E-state index in [1.165, 1.54) is 0 Å². The van der Waals surface area contributed by atoms with Gasteiger partial charge in [0.05, 0.1) is 18.5 Å². The van der Waals surface area contributed by atoms with Crippen LogP contribution in [0.1, 0.15) is 18.9 Å². The van der Waals surface area contributed by atoms with E-state index in [0.717, 1.165) is 25.9 Å². The van der Waals surface area contributed by atoms with Crippen LogP contribution < -0.4 is 0 Å². The van der Waals surface area contributed by atoms with Crippen molar-refractivity contribution in [2.45, 2.75) is 25.0 Å². The molecule has 14 heavy (non-hydrogen) atoms. The molecule has 1 aromatic heterocycles. The molecule has 1 aliphatic rings. The minimum absolute atomic E-state index is 0.197. The number of hydrogen-bond acceptors (Lipinski definition) is 3. The normalized spacial score (nSPS) is 30.1. The maximum Gasteiger partial charge on any atom is 0.0949 e. The molecule has 0 aromatic carbocycles. The van der Waals surface area contributed by atoms with Gasteiger partial charge in [-0.3, -0.25) is 0 Å². The van der Waals surface area contributed by atoms with Crippen molar-refractivity contribution in [3.05, 3.63) is 18.7 Å². The Kier molecular flexibility index (Phi) is 2.84. The van der Waals surface area contributed by atoms with Crippen LogP contribution in [0.15, 0.2) is 18.7 Å². The van der Waals surface area contributed by atoms with Gasteiger partial charge < -0.3 is 14.6 Å². The third-order valence-corrected chi connectivity index (χ3v) is 2.97. The topological polar surface area (TPSA) is 41.3 Å². The zero-order valence-electron chi connectivity index (χ0n) is 8.50. The molecule has 2 rings (SSSR count). The maximum atomic E-state index is 9.96. The van der Waals surface area contributed by atoms with Crippen LogP contribution in [0.5, 0.6) is 0 Å². The lowest BCUT2D eigenvalue weighted by molar-refractivity contribution is 0.108. The minimum Gasteiger partial charge on any atom is -0.391 e. The fraction of sp³-hybridized carbons (Fsp3) is 0.700. The molecule has 0 aliphatic carbocycles. The predicted molar refractivity (Wildman–Crippen MR) is 54.0 cm³/mol. The molecule has 1 N–H and O–H groups in total. The zero-order valence-corrected chi connectivity index (χ0v) is 8.50. The highest BCUT2D eigenvalue weighted by atomic mass is 16.3. The van der Waals surface area contributed by atoms with E-state index in [1.54, 1.807) is 12.5 Å². The van der Waals surface area contributed by atoms with Gasteiger partial charge in [0.1, 0.15) is 0 Å². The summed E-state index contributed by atoms with van der Waals surface area (Å²) in [6, 6.07) is 0.197. The van der Waals surface area contributed by atoms with Crippen molar-refractivity contribution in [3.8, 4) is 0 Å². The summed E-state index contributed by atoms with van der Waals surface area (Å²) < 4.78 is 2.02. The van der Waals surface area contributed by atoms with E-state index in [0.29, 0.717) is 0 Å². The van der Waals surface area contributed by atoms with E-state index in [-0.39, 0.29) is 12.1 Å². The highest BCUT2D eigenvalue weighted by Crippen LogP contribution is 2.22. The Balaban J connectivity index is 2.10. The van der Waals surface area contributed by atoms with Crippen LogP contribution in [-0.2, 0) is 0 Å². The Morgan fingerprint density at radius 3 is 2.86 bits per heavy atom. The molecule has 4 nitrogen and oxygen atoms in total. The van der Waals surface area contributed by atoms with Crippen molar-refractivity contribution in [1.82, 2.24) is 14.5 Å². The number of likely N-dealkylation sites (tertiary alicyclic amines) is 1. The van der Waals surface area contributed by atoms with Gasteiger partial charge in [-0.2, -0.15) is 0 Å². The fourth-order valence-corrected chi connectivity index (χ4v) is 2.02. The summed E-state index contributed by atoms with van der Waals surface area (Å²) in [5, 5.41) is 9.96. The second-order valence-corrected chi connectivity index (χ2v) is 4.03. The van der Waals surface area contributed by atoms with E-state index in [1.807, 2.05) is 10.8 Å². The van der Waals surface area contributed by atoms with Crippen molar-refractivity contribution in [2.24, 2.45) is 0 Å². The third kappa shape index (κ3) is 1.96. The minimum atomic E-state index is -0.242. The average Bonchev–Trinajstić information content (AvgIpc) is 2.63. The van der Waals surface area contributed by atoms with Crippen molar-refractivity contribution < 1.29 is 5.11 Å². The summed E-state index contributed by atoms with van der Waals surface area (Å²) in [5.74, 6) is 0. The van der Waals surface area contributed by atoms with Crippen LogP contribution in [0.4, 0.5) is 0 Å². The summed E-state index contributed by atoms with van der Waals surface area (Å²) in [4.78, 5) is 6.28. The van der Waals surface area contributed by atoms with Gasteiger partial charge in [0.15, 0.2) is 0 Å².